The lowest BCUT2D eigenvalue weighted by Crippen LogP contribution is -2.42. The van der Waals surface area contributed by atoms with Crippen LogP contribution in [-0.4, -0.2) is 115 Å². The van der Waals surface area contributed by atoms with Crippen molar-refractivity contribution in [3.05, 3.63) is 153 Å². The van der Waals surface area contributed by atoms with E-state index < -0.39 is 17.8 Å². The molecule has 28 nitrogen and oxygen atoms in total. The monoisotopic (exact) mass is 1320 g/mol. The molecule has 3 amide bonds. The molecule has 94 heavy (non-hydrogen) atoms. The number of azo groups is 3. The van der Waals surface area contributed by atoms with Crippen LogP contribution in [0.2, 0.25) is 5.02 Å². The van der Waals surface area contributed by atoms with Gasteiger partial charge in [0.1, 0.15) is 62.1 Å². The quantitative estimate of drug-likeness (QED) is 0.0341. The van der Waals surface area contributed by atoms with Crippen molar-refractivity contribution in [2.75, 3.05) is 26.2 Å². The number of primary amides is 2. The Morgan fingerprint density at radius 1 is 0.585 bits per heavy atom. The number of ketones is 1. The van der Waals surface area contributed by atoms with Crippen molar-refractivity contribution < 1.29 is 48.4 Å². The standard InChI is InChI=1S/C24H18N6O3S.C21H20N8O3.C18H12ClN5O3S/c1-2-14(31)9-12-10-19(15-5-3-4-6-16(15)22(12)32)28-26-13-7-8-18-17(11-13)20-21(29-27-18)23(24(25)33)34-30-20;1-3-28(4-2)21(32)15-11-23-29-17-10-13(5-7-16(17)26-27-20(15)29)25-24-12-6-8-18(30)14(9-12)19(22)31;1-2-27-18(26)17-16-15(24-28-17)11-7-9(3-5-13(11)22-23-16)20-21-10-4-6-14(25)12(19)8-10/h3-8,10-11,32H,2,9H2,1H3,(H2,25,33);5-10H,3-4,11H2,1-2H3,(H2-,22,25,27,30,31,32);3-8,25H,2H2,1H3/p+1. The number of aromatic hydroxyl groups is 3. The molecule has 13 rings (SSSR count). The molecule has 0 aliphatic carbocycles. The lowest BCUT2D eigenvalue weighted by Gasteiger charge is -2.17. The Bertz CT molecular complexity index is 5310. The van der Waals surface area contributed by atoms with Crippen LogP contribution in [0.3, 0.4) is 0 Å². The fourth-order valence-electron chi connectivity index (χ4n) is 9.67. The van der Waals surface area contributed by atoms with Crippen molar-refractivity contribution in [2.45, 2.75) is 40.5 Å². The van der Waals surface area contributed by atoms with Crippen LogP contribution in [-0.2, 0) is 20.7 Å². The maximum absolute atomic E-state index is 12.8. The number of nitrogens with zero attached hydrogens (tertiary/aromatic N) is 17. The first-order chi connectivity index (χ1) is 45.4. The van der Waals surface area contributed by atoms with Crippen molar-refractivity contribution in [3.63, 3.8) is 0 Å². The number of phenolic OH excluding ortho intramolecular Hbond substituents is 2. The van der Waals surface area contributed by atoms with E-state index >= 15 is 0 Å². The summed E-state index contributed by atoms with van der Waals surface area (Å²) in [5, 5.41) is 87.6. The number of ether oxygens (including phenoxy) is 1. The first-order valence-corrected chi connectivity index (χ1v) is 30.6. The predicted molar refractivity (Wildman–Crippen MR) is 350 cm³/mol. The van der Waals surface area contributed by atoms with Gasteiger partial charge in [-0.25, -0.2) is 4.79 Å². The molecule has 0 saturated carbocycles. The molecule has 0 bridgehead atoms. The predicted octanol–water partition coefficient (Wildman–Crippen LogP) is 11.5. The molecule has 7 aromatic carbocycles. The Morgan fingerprint density at radius 2 is 1.13 bits per heavy atom. The number of halogens is 1. The van der Waals surface area contributed by atoms with E-state index in [1.165, 1.54) is 30.3 Å². The number of hydrogen-bond donors (Lipinski definition) is 5. The lowest BCUT2D eigenvalue weighted by atomic mass is 9.99. The third kappa shape index (κ3) is 13.4. The Kier molecular flexibility index (Phi) is 18.8. The first kappa shape index (κ1) is 63.8. The Morgan fingerprint density at radius 3 is 1.72 bits per heavy atom. The zero-order valence-corrected chi connectivity index (χ0v) is 52.4. The molecule has 12 aromatic rings. The maximum Gasteiger partial charge on any atom is 0.386 e. The molecular formula is C63H51ClN19O9S2+. The highest BCUT2D eigenvalue weighted by Crippen LogP contribution is 2.39. The van der Waals surface area contributed by atoms with Crippen molar-refractivity contribution in [3.8, 4) is 17.2 Å². The molecule has 0 spiro atoms. The molecule has 5 aromatic heterocycles. The topological polar surface area (TPSA) is 406 Å². The number of nitrogens with two attached hydrogens (primary N) is 2. The van der Waals surface area contributed by atoms with Crippen LogP contribution < -0.4 is 21.3 Å². The lowest BCUT2D eigenvalue weighted by molar-refractivity contribution is -0.533. The van der Waals surface area contributed by atoms with Gasteiger partial charge in [0, 0.05) is 59.1 Å². The van der Waals surface area contributed by atoms with Gasteiger partial charge in [-0.05, 0) is 140 Å². The van der Waals surface area contributed by atoms with E-state index in [4.69, 9.17) is 27.8 Å². The number of phenols is 3. The van der Waals surface area contributed by atoms with Gasteiger partial charge >= 0.3 is 11.4 Å². The Hall–Kier alpha value is -11.8. The number of fused-ring (bicyclic) bond motifs is 10. The number of carbonyl (C=O) groups excluding carboxylic acids is 5. The maximum atomic E-state index is 12.8. The second kappa shape index (κ2) is 27.8. The second-order valence-corrected chi connectivity index (χ2v) is 22.3. The first-order valence-electron chi connectivity index (χ1n) is 28.7. The van der Waals surface area contributed by atoms with Crippen LogP contribution in [0.5, 0.6) is 17.2 Å². The molecule has 0 fully saturated rings. The average molecular weight is 1320 g/mol. The summed E-state index contributed by atoms with van der Waals surface area (Å²) in [6, 6.07) is 33.5. The largest absolute Gasteiger partial charge is 0.507 e. The molecule has 0 radical (unpaired) electrons. The van der Waals surface area contributed by atoms with Gasteiger partial charge in [0.25, 0.3) is 17.7 Å². The number of hydrogen-bond acceptors (Lipinski definition) is 26. The average Bonchev–Trinajstić information content (AvgIpc) is 1.57. The van der Waals surface area contributed by atoms with E-state index in [2.05, 4.69) is 75.1 Å². The third-order valence-corrected chi connectivity index (χ3v) is 16.4. The SMILES string of the molecule is CCC(=O)Cc1cc(N=Nc2ccc3nnc4c(C(N)=O)snc4c3c2)c2ccccc2c1O.CCN(CC)C(=O)C1=c2nnc3ccc(N=Nc4ccc(O)c(C(N)=O)c4)cc3[n+]2=NC1.CCOC(=O)c1snc2c1nnc1ccc(N=Nc3ccc(O)c(Cl)c3)cc12. The summed E-state index contributed by atoms with van der Waals surface area (Å²) in [6.07, 6.45) is 0.500. The van der Waals surface area contributed by atoms with E-state index in [1.807, 2.05) is 32.0 Å². The van der Waals surface area contributed by atoms with Gasteiger partial charge in [0.15, 0.2) is 15.9 Å². The molecule has 0 unspecified atom stereocenters. The van der Waals surface area contributed by atoms with E-state index in [1.54, 1.807) is 95.9 Å². The van der Waals surface area contributed by atoms with Crippen LogP contribution in [0.4, 0.5) is 34.1 Å². The number of carbonyl (C=O) groups is 5. The summed E-state index contributed by atoms with van der Waals surface area (Å²) in [5.74, 6) is -2.08. The smallest absolute Gasteiger partial charge is 0.386 e. The summed E-state index contributed by atoms with van der Waals surface area (Å²) in [5.41, 5.74) is 19.3. The number of aromatic nitrogens is 9. The van der Waals surface area contributed by atoms with Crippen molar-refractivity contribution in [1.82, 2.24) is 44.2 Å². The van der Waals surface area contributed by atoms with Crippen LogP contribution in [0.1, 0.15) is 69.4 Å². The molecule has 31 heteroatoms. The van der Waals surface area contributed by atoms with Gasteiger partial charge in [-0.2, -0.15) is 34.3 Å². The molecule has 0 saturated heterocycles. The van der Waals surface area contributed by atoms with Gasteiger partial charge in [0.2, 0.25) is 0 Å². The minimum Gasteiger partial charge on any atom is -0.507 e. The van der Waals surface area contributed by atoms with Crippen LogP contribution in [0.15, 0.2) is 157 Å². The summed E-state index contributed by atoms with van der Waals surface area (Å²) in [6.45, 7) is 9.05. The molecule has 1 aliphatic heterocycles. The van der Waals surface area contributed by atoms with E-state index in [0.717, 1.165) is 28.5 Å². The fraction of sp³-hybridized carbons (Fsp3) is 0.159. The Balaban J connectivity index is 0.000000145. The highest BCUT2D eigenvalue weighted by molar-refractivity contribution is 7.10. The number of rotatable bonds is 16. The molecule has 1 aliphatic rings. The molecule has 0 atom stereocenters. The van der Waals surface area contributed by atoms with Crippen molar-refractivity contribution >= 4 is 170 Å². The molecule has 470 valence electrons. The molecular weight excluding hydrogens is 1270 g/mol. The zero-order valence-electron chi connectivity index (χ0n) is 50.0. The van der Waals surface area contributed by atoms with E-state index in [0.29, 0.717) is 135 Å². The number of amides is 3. The van der Waals surface area contributed by atoms with Gasteiger partial charge in [-0.15, -0.1) is 30.6 Å². The molecule has 6 heterocycles. The summed E-state index contributed by atoms with van der Waals surface area (Å²) in [4.78, 5) is 62.2. The van der Waals surface area contributed by atoms with Gasteiger partial charge in [-0.1, -0.05) is 47.2 Å². The second-order valence-electron chi connectivity index (χ2n) is 20.4. The van der Waals surface area contributed by atoms with Gasteiger partial charge in [0.05, 0.1) is 67.4 Å². The minimum absolute atomic E-state index is 0.0201. The minimum atomic E-state index is -0.760. The number of benzene rings is 7. The highest BCUT2D eigenvalue weighted by atomic mass is 35.5. The van der Waals surface area contributed by atoms with Crippen molar-refractivity contribution in [2.24, 2.45) is 47.3 Å². The van der Waals surface area contributed by atoms with E-state index in [9.17, 15) is 39.3 Å². The van der Waals surface area contributed by atoms with E-state index in [-0.39, 0.29) is 64.0 Å². The zero-order chi connectivity index (χ0) is 66.3. The third-order valence-electron chi connectivity index (χ3n) is 14.5. The van der Waals surface area contributed by atoms with Gasteiger partial charge < -0.3 is 36.4 Å². The van der Waals surface area contributed by atoms with Crippen LogP contribution in [0, 0.1) is 0 Å². The van der Waals surface area contributed by atoms with Crippen LogP contribution in [0.25, 0.3) is 71.3 Å². The highest BCUT2D eigenvalue weighted by Gasteiger charge is 2.28. The normalized spacial score (nSPS) is 12.0. The summed E-state index contributed by atoms with van der Waals surface area (Å²) in [7, 11) is 0. The van der Waals surface area contributed by atoms with Crippen molar-refractivity contribution in [1.29, 1.82) is 0 Å². The summed E-state index contributed by atoms with van der Waals surface area (Å²) < 4.78 is 15.3. The fourth-order valence-corrected chi connectivity index (χ4v) is 11.2. The van der Waals surface area contributed by atoms with Crippen LogP contribution >= 0.6 is 34.7 Å². The summed E-state index contributed by atoms with van der Waals surface area (Å²) >= 11 is 7.88. The van der Waals surface area contributed by atoms with Gasteiger partial charge in [-0.3, -0.25) is 19.2 Å². The number of Topliss-reactive ketones (excluding diaryl/α,β-unsaturated/α-hetero) is 1. The number of esters is 1. The Labute approximate surface area is 543 Å². The molecule has 7 N–H and O–H groups in total.